The van der Waals surface area contributed by atoms with Crippen molar-refractivity contribution < 1.29 is 0 Å². The SMILES string of the molecule is CCC(C)(C)c1nnc(-c2cccc(Br)c2)n1-c1c(C)cc(C(C)(C)C)cc1C. The van der Waals surface area contributed by atoms with Gasteiger partial charge in [0.1, 0.15) is 5.82 Å². The Labute approximate surface area is 183 Å². The first-order chi connectivity index (χ1) is 13.5. The second kappa shape index (κ2) is 7.71. The van der Waals surface area contributed by atoms with E-state index in [-0.39, 0.29) is 10.8 Å². The number of benzene rings is 2. The maximum Gasteiger partial charge on any atom is 0.168 e. The minimum Gasteiger partial charge on any atom is -0.278 e. The van der Waals surface area contributed by atoms with E-state index in [1.54, 1.807) is 0 Å². The Morgan fingerprint density at radius 2 is 1.55 bits per heavy atom. The van der Waals surface area contributed by atoms with Gasteiger partial charge < -0.3 is 0 Å². The van der Waals surface area contributed by atoms with Crippen LogP contribution in [0.2, 0.25) is 0 Å². The molecule has 0 saturated carbocycles. The van der Waals surface area contributed by atoms with Gasteiger partial charge in [0.2, 0.25) is 0 Å². The lowest BCUT2D eigenvalue weighted by molar-refractivity contribution is 0.464. The van der Waals surface area contributed by atoms with Crippen LogP contribution in [-0.2, 0) is 10.8 Å². The fourth-order valence-electron chi connectivity index (χ4n) is 3.65. The van der Waals surface area contributed by atoms with Crippen molar-refractivity contribution in [3.8, 4) is 17.1 Å². The molecule has 0 saturated heterocycles. The highest BCUT2D eigenvalue weighted by molar-refractivity contribution is 9.10. The summed E-state index contributed by atoms with van der Waals surface area (Å²) in [6.07, 6.45) is 0.988. The molecule has 154 valence electrons. The molecule has 1 aromatic heterocycles. The number of hydrogen-bond acceptors (Lipinski definition) is 2. The van der Waals surface area contributed by atoms with Crippen molar-refractivity contribution in [3.05, 3.63) is 63.4 Å². The van der Waals surface area contributed by atoms with E-state index in [2.05, 4.69) is 105 Å². The van der Waals surface area contributed by atoms with E-state index in [1.165, 1.54) is 22.4 Å². The van der Waals surface area contributed by atoms with E-state index >= 15 is 0 Å². The summed E-state index contributed by atoms with van der Waals surface area (Å²) < 4.78 is 3.32. The number of nitrogens with zero attached hydrogens (tertiary/aromatic N) is 3. The molecule has 0 aliphatic heterocycles. The number of aryl methyl sites for hydroxylation is 2. The normalized spacial score (nSPS) is 12.4. The molecule has 0 radical (unpaired) electrons. The van der Waals surface area contributed by atoms with Gasteiger partial charge >= 0.3 is 0 Å². The Bertz CT molecular complexity index is 1020. The summed E-state index contributed by atoms with van der Waals surface area (Å²) in [7, 11) is 0. The molecule has 2 aromatic carbocycles. The van der Waals surface area contributed by atoms with Gasteiger partial charge in [0.15, 0.2) is 5.82 Å². The van der Waals surface area contributed by atoms with Crippen LogP contribution in [-0.4, -0.2) is 14.8 Å². The van der Waals surface area contributed by atoms with Crippen molar-refractivity contribution in [1.29, 1.82) is 0 Å². The third-order valence-electron chi connectivity index (χ3n) is 5.82. The molecule has 0 aliphatic carbocycles. The van der Waals surface area contributed by atoms with E-state index in [1.807, 2.05) is 12.1 Å². The molecule has 29 heavy (non-hydrogen) atoms. The number of aromatic nitrogens is 3. The van der Waals surface area contributed by atoms with E-state index < -0.39 is 0 Å². The number of halogens is 1. The number of hydrogen-bond donors (Lipinski definition) is 0. The first-order valence-corrected chi connectivity index (χ1v) is 11.1. The Morgan fingerprint density at radius 1 is 0.931 bits per heavy atom. The van der Waals surface area contributed by atoms with Crippen molar-refractivity contribution in [2.24, 2.45) is 0 Å². The fraction of sp³-hybridized carbons (Fsp3) is 0.440. The minimum atomic E-state index is -0.0845. The lowest BCUT2D eigenvalue weighted by Gasteiger charge is -2.27. The summed E-state index contributed by atoms with van der Waals surface area (Å²) >= 11 is 3.60. The lowest BCUT2D eigenvalue weighted by Crippen LogP contribution is -2.23. The Morgan fingerprint density at radius 3 is 2.07 bits per heavy atom. The van der Waals surface area contributed by atoms with Crippen LogP contribution in [0.4, 0.5) is 0 Å². The second-order valence-corrected chi connectivity index (χ2v) is 10.6. The largest absolute Gasteiger partial charge is 0.278 e. The summed E-state index contributed by atoms with van der Waals surface area (Å²) in [6, 6.07) is 12.9. The van der Waals surface area contributed by atoms with Gasteiger partial charge in [-0.2, -0.15) is 0 Å². The summed E-state index contributed by atoms with van der Waals surface area (Å²) in [6.45, 7) is 17.9. The fourth-order valence-corrected chi connectivity index (χ4v) is 4.05. The molecule has 0 amide bonds. The van der Waals surface area contributed by atoms with Crippen LogP contribution in [0.15, 0.2) is 40.9 Å². The monoisotopic (exact) mass is 453 g/mol. The molecule has 0 spiro atoms. The zero-order chi connectivity index (χ0) is 21.6. The summed E-state index contributed by atoms with van der Waals surface area (Å²) in [5.41, 5.74) is 6.12. The predicted molar refractivity (Wildman–Crippen MR) is 126 cm³/mol. The topological polar surface area (TPSA) is 30.7 Å². The van der Waals surface area contributed by atoms with Crippen molar-refractivity contribution in [2.45, 2.75) is 72.6 Å². The average Bonchev–Trinajstić information content (AvgIpc) is 3.06. The van der Waals surface area contributed by atoms with Crippen LogP contribution in [0.1, 0.15) is 70.5 Å². The van der Waals surface area contributed by atoms with E-state index in [0.29, 0.717) is 0 Å². The minimum absolute atomic E-state index is 0.0845. The van der Waals surface area contributed by atoms with Crippen LogP contribution in [0.5, 0.6) is 0 Å². The molecule has 0 aliphatic rings. The summed E-state index contributed by atoms with van der Waals surface area (Å²) in [4.78, 5) is 0. The second-order valence-electron chi connectivity index (χ2n) is 9.64. The Balaban J connectivity index is 2.35. The molecule has 0 unspecified atom stereocenters. The molecule has 4 heteroatoms. The van der Waals surface area contributed by atoms with Crippen molar-refractivity contribution in [2.75, 3.05) is 0 Å². The molecular formula is C25H32BrN3. The smallest absolute Gasteiger partial charge is 0.168 e. The lowest BCUT2D eigenvalue weighted by atomic mass is 9.84. The van der Waals surface area contributed by atoms with Crippen LogP contribution < -0.4 is 0 Å². The summed E-state index contributed by atoms with van der Waals surface area (Å²) in [5.74, 6) is 1.89. The molecule has 0 atom stereocenters. The molecule has 3 rings (SSSR count). The molecule has 3 aromatic rings. The molecule has 3 nitrogen and oxygen atoms in total. The third-order valence-corrected chi connectivity index (χ3v) is 6.31. The third kappa shape index (κ3) is 4.18. The standard InChI is InChI=1S/C25H32BrN3/c1-9-25(7,8)23-28-27-22(18-11-10-12-20(26)15-18)29(23)21-16(2)13-19(14-17(21)3)24(4,5)6/h10-15H,9H2,1-8H3. The molecule has 0 fully saturated rings. The van der Waals surface area contributed by atoms with Gasteiger partial charge in [-0.1, -0.05) is 81.7 Å². The zero-order valence-electron chi connectivity index (χ0n) is 18.9. The maximum atomic E-state index is 4.69. The molecule has 1 heterocycles. The van der Waals surface area contributed by atoms with Crippen LogP contribution in [0.25, 0.3) is 17.1 Å². The molecule has 0 N–H and O–H groups in total. The maximum absolute atomic E-state index is 4.69. The first-order valence-electron chi connectivity index (χ1n) is 10.3. The van der Waals surface area contributed by atoms with E-state index in [9.17, 15) is 0 Å². The van der Waals surface area contributed by atoms with Gasteiger partial charge in [-0.15, -0.1) is 10.2 Å². The Kier molecular flexibility index (Phi) is 5.79. The first kappa shape index (κ1) is 21.8. The van der Waals surface area contributed by atoms with E-state index in [4.69, 9.17) is 5.10 Å². The predicted octanol–water partition coefficient (Wildman–Crippen LogP) is 7.30. The highest BCUT2D eigenvalue weighted by Gasteiger charge is 2.30. The van der Waals surface area contributed by atoms with Crippen molar-refractivity contribution >= 4 is 15.9 Å². The van der Waals surface area contributed by atoms with Gasteiger partial charge in [-0.05, 0) is 54.5 Å². The highest BCUT2D eigenvalue weighted by atomic mass is 79.9. The van der Waals surface area contributed by atoms with Crippen LogP contribution in [0.3, 0.4) is 0 Å². The van der Waals surface area contributed by atoms with Crippen LogP contribution in [0, 0.1) is 13.8 Å². The van der Waals surface area contributed by atoms with Gasteiger partial charge in [-0.25, -0.2) is 0 Å². The van der Waals surface area contributed by atoms with Gasteiger partial charge in [0.25, 0.3) is 0 Å². The van der Waals surface area contributed by atoms with Crippen molar-refractivity contribution in [3.63, 3.8) is 0 Å². The quantitative estimate of drug-likeness (QED) is 0.414. The van der Waals surface area contributed by atoms with Gasteiger partial charge in [-0.3, -0.25) is 4.57 Å². The van der Waals surface area contributed by atoms with Crippen molar-refractivity contribution in [1.82, 2.24) is 14.8 Å². The zero-order valence-corrected chi connectivity index (χ0v) is 20.5. The van der Waals surface area contributed by atoms with E-state index in [0.717, 1.165) is 28.1 Å². The summed E-state index contributed by atoms with van der Waals surface area (Å²) in [5, 5.41) is 9.36. The average molecular weight is 454 g/mol. The molecule has 0 bridgehead atoms. The Hall–Kier alpha value is -1.94. The van der Waals surface area contributed by atoms with Crippen LogP contribution >= 0.6 is 15.9 Å². The van der Waals surface area contributed by atoms with Gasteiger partial charge in [0.05, 0.1) is 5.69 Å². The molecular weight excluding hydrogens is 422 g/mol. The number of rotatable bonds is 4. The highest BCUT2D eigenvalue weighted by Crippen LogP contribution is 2.36. The van der Waals surface area contributed by atoms with Gasteiger partial charge in [0, 0.05) is 15.5 Å².